The Morgan fingerprint density at radius 1 is 1.40 bits per heavy atom. The molecule has 0 amide bonds. The summed E-state index contributed by atoms with van der Waals surface area (Å²) in [6.07, 6.45) is 8.63. The van der Waals surface area contributed by atoms with E-state index in [1.165, 1.54) is 30.4 Å². The van der Waals surface area contributed by atoms with Crippen LogP contribution in [0, 0.1) is 5.41 Å². The first kappa shape index (κ1) is 15.4. The number of aryl methyl sites for hydroxylation is 1. The predicted molar refractivity (Wildman–Crippen MR) is 83.5 cm³/mol. The minimum Gasteiger partial charge on any atom is -0.382 e. The largest absolute Gasteiger partial charge is 0.382 e. The van der Waals surface area contributed by atoms with Gasteiger partial charge in [0.2, 0.25) is 0 Å². The molecule has 0 unspecified atom stereocenters. The summed E-state index contributed by atoms with van der Waals surface area (Å²) in [5.41, 5.74) is 0.909. The maximum Gasteiger partial charge on any atom is 0.287 e. The zero-order valence-corrected chi connectivity index (χ0v) is 13.2. The highest BCUT2D eigenvalue weighted by molar-refractivity contribution is 6.32. The van der Waals surface area contributed by atoms with E-state index in [-0.39, 0.29) is 10.6 Å². The standard InChI is InChI=1S/C15H24ClN3O/c1-3-5-9-19-14(20)13(16)12(10-18-19)17-11-15(6-4-2)7-8-15/h10,17H,3-9,11H2,1-2H3. The molecular formula is C15H24ClN3O. The Balaban J connectivity index is 2.02. The van der Waals surface area contributed by atoms with Crippen LogP contribution in [0.3, 0.4) is 0 Å². The van der Waals surface area contributed by atoms with E-state index in [1.54, 1.807) is 6.20 Å². The van der Waals surface area contributed by atoms with Gasteiger partial charge in [0.15, 0.2) is 0 Å². The molecule has 0 aromatic carbocycles. The van der Waals surface area contributed by atoms with E-state index in [2.05, 4.69) is 24.3 Å². The van der Waals surface area contributed by atoms with Gasteiger partial charge in [-0.15, -0.1) is 0 Å². The summed E-state index contributed by atoms with van der Waals surface area (Å²) in [5, 5.41) is 7.78. The molecule has 0 radical (unpaired) electrons. The van der Waals surface area contributed by atoms with Gasteiger partial charge in [0.1, 0.15) is 5.02 Å². The molecule has 1 saturated carbocycles. The summed E-state index contributed by atoms with van der Waals surface area (Å²) in [4.78, 5) is 12.1. The molecule has 1 aliphatic carbocycles. The van der Waals surface area contributed by atoms with Gasteiger partial charge in [-0.25, -0.2) is 4.68 Å². The van der Waals surface area contributed by atoms with Crippen molar-refractivity contribution < 1.29 is 0 Å². The first-order chi connectivity index (χ1) is 9.62. The number of rotatable bonds is 8. The van der Waals surface area contributed by atoms with Crippen molar-refractivity contribution in [2.75, 3.05) is 11.9 Å². The molecule has 20 heavy (non-hydrogen) atoms. The van der Waals surface area contributed by atoms with E-state index in [9.17, 15) is 4.79 Å². The highest BCUT2D eigenvalue weighted by Crippen LogP contribution is 2.49. The molecule has 1 N–H and O–H groups in total. The van der Waals surface area contributed by atoms with Gasteiger partial charge >= 0.3 is 0 Å². The van der Waals surface area contributed by atoms with Gasteiger partial charge in [0.05, 0.1) is 11.9 Å². The third-order valence-corrected chi connectivity index (χ3v) is 4.46. The smallest absolute Gasteiger partial charge is 0.287 e. The van der Waals surface area contributed by atoms with Crippen LogP contribution in [0.15, 0.2) is 11.0 Å². The lowest BCUT2D eigenvalue weighted by Crippen LogP contribution is -2.25. The minimum absolute atomic E-state index is 0.189. The normalized spacial score (nSPS) is 16.1. The molecule has 1 aromatic heterocycles. The summed E-state index contributed by atoms with van der Waals surface area (Å²) >= 11 is 6.17. The van der Waals surface area contributed by atoms with Gasteiger partial charge in [-0.1, -0.05) is 38.3 Å². The van der Waals surface area contributed by atoms with Crippen molar-refractivity contribution >= 4 is 17.3 Å². The lowest BCUT2D eigenvalue weighted by atomic mass is 10.0. The number of halogens is 1. The maximum absolute atomic E-state index is 12.1. The summed E-state index contributed by atoms with van der Waals surface area (Å²) in [6, 6.07) is 0. The van der Waals surface area contributed by atoms with Gasteiger partial charge in [0, 0.05) is 13.1 Å². The van der Waals surface area contributed by atoms with Crippen molar-refractivity contribution in [3.63, 3.8) is 0 Å². The zero-order chi connectivity index (χ0) is 14.6. The summed E-state index contributed by atoms with van der Waals surface area (Å²) in [6.45, 7) is 5.82. The Hall–Kier alpha value is -1.03. The van der Waals surface area contributed by atoms with Crippen molar-refractivity contribution in [1.29, 1.82) is 0 Å². The van der Waals surface area contributed by atoms with Crippen LogP contribution in [-0.4, -0.2) is 16.3 Å². The second-order valence-corrected chi connectivity index (χ2v) is 6.24. The van der Waals surface area contributed by atoms with E-state index in [0.717, 1.165) is 19.4 Å². The quantitative estimate of drug-likeness (QED) is 0.796. The van der Waals surface area contributed by atoms with Crippen LogP contribution in [0.2, 0.25) is 5.02 Å². The van der Waals surface area contributed by atoms with E-state index in [4.69, 9.17) is 11.6 Å². The summed E-state index contributed by atoms with van der Waals surface area (Å²) in [7, 11) is 0. The molecule has 1 heterocycles. The maximum atomic E-state index is 12.1. The third kappa shape index (κ3) is 3.54. The number of hydrogen-bond donors (Lipinski definition) is 1. The second kappa shape index (κ2) is 6.61. The summed E-state index contributed by atoms with van der Waals surface area (Å²) < 4.78 is 1.45. The van der Waals surface area contributed by atoms with E-state index >= 15 is 0 Å². The first-order valence-electron chi connectivity index (χ1n) is 7.61. The molecule has 0 atom stereocenters. The Morgan fingerprint density at radius 3 is 2.75 bits per heavy atom. The van der Waals surface area contributed by atoms with Crippen LogP contribution in [0.5, 0.6) is 0 Å². The van der Waals surface area contributed by atoms with E-state index in [0.29, 0.717) is 17.6 Å². The second-order valence-electron chi connectivity index (χ2n) is 5.86. The van der Waals surface area contributed by atoms with Crippen molar-refractivity contribution in [1.82, 2.24) is 9.78 Å². The van der Waals surface area contributed by atoms with Crippen molar-refractivity contribution in [3.8, 4) is 0 Å². The molecule has 4 nitrogen and oxygen atoms in total. The van der Waals surface area contributed by atoms with Gasteiger partial charge < -0.3 is 5.32 Å². The average Bonchev–Trinajstić information content (AvgIpc) is 3.20. The molecular weight excluding hydrogens is 274 g/mol. The van der Waals surface area contributed by atoms with Crippen LogP contribution in [-0.2, 0) is 6.54 Å². The molecule has 0 aliphatic heterocycles. The lowest BCUT2D eigenvalue weighted by Gasteiger charge is -2.16. The predicted octanol–water partition coefficient (Wildman–Crippen LogP) is 3.69. The van der Waals surface area contributed by atoms with Crippen LogP contribution in [0.25, 0.3) is 0 Å². The number of hydrogen-bond acceptors (Lipinski definition) is 3. The van der Waals surface area contributed by atoms with Crippen molar-refractivity contribution in [2.45, 2.75) is 58.9 Å². The topological polar surface area (TPSA) is 46.9 Å². The van der Waals surface area contributed by atoms with E-state index < -0.39 is 0 Å². The molecule has 112 valence electrons. The highest BCUT2D eigenvalue weighted by atomic mass is 35.5. The lowest BCUT2D eigenvalue weighted by molar-refractivity contribution is 0.485. The Labute approximate surface area is 125 Å². The fraction of sp³-hybridized carbons (Fsp3) is 0.733. The monoisotopic (exact) mass is 297 g/mol. The zero-order valence-electron chi connectivity index (χ0n) is 12.4. The SMILES string of the molecule is CCCCn1ncc(NCC2(CCC)CC2)c(Cl)c1=O. The average molecular weight is 298 g/mol. The minimum atomic E-state index is -0.189. The number of nitrogens with zero attached hydrogens (tertiary/aromatic N) is 2. The Bertz CT molecular complexity index is 508. The van der Waals surface area contributed by atoms with Gasteiger partial charge in [-0.3, -0.25) is 4.79 Å². The molecule has 5 heteroatoms. The molecule has 0 spiro atoms. The molecule has 0 saturated heterocycles. The number of aromatic nitrogens is 2. The third-order valence-electron chi connectivity index (χ3n) is 4.10. The number of unbranched alkanes of at least 4 members (excludes halogenated alkanes) is 1. The Kier molecular flexibility index (Phi) is 5.08. The van der Waals surface area contributed by atoms with Gasteiger partial charge in [-0.05, 0) is 31.1 Å². The van der Waals surface area contributed by atoms with Gasteiger partial charge in [-0.2, -0.15) is 5.10 Å². The van der Waals surface area contributed by atoms with Crippen LogP contribution in [0.4, 0.5) is 5.69 Å². The molecule has 0 bridgehead atoms. The van der Waals surface area contributed by atoms with Crippen LogP contribution >= 0.6 is 11.6 Å². The van der Waals surface area contributed by atoms with Crippen LogP contribution < -0.4 is 10.9 Å². The van der Waals surface area contributed by atoms with Gasteiger partial charge in [0.25, 0.3) is 5.56 Å². The molecule has 1 aromatic rings. The number of anilines is 1. The fourth-order valence-electron chi connectivity index (χ4n) is 2.56. The van der Waals surface area contributed by atoms with E-state index in [1.807, 2.05) is 0 Å². The first-order valence-corrected chi connectivity index (χ1v) is 7.99. The summed E-state index contributed by atoms with van der Waals surface area (Å²) in [5.74, 6) is 0. The van der Waals surface area contributed by atoms with Crippen molar-refractivity contribution in [3.05, 3.63) is 21.6 Å². The van der Waals surface area contributed by atoms with Crippen molar-refractivity contribution in [2.24, 2.45) is 5.41 Å². The van der Waals surface area contributed by atoms with Crippen LogP contribution in [0.1, 0.15) is 52.4 Å². The molecule has 1 fully saturated rings. The highest BCUT2D eigenvalue weighted by Gasteiger charge is 2.41. The Morgan fingerprint density at radius 2 is 2.15 bits per heavy atom. The number of nitrogens with one attached hydrogen (secondary N) is 1. The fourth-order valence-corrected chi connectivity index (χ4v) is 2.77. The molecule has 2 rings (SSSR count). The molecule has 1 aliphatic rings.